The quantitative estimate of drug-likeness (QED) is 0.387. The Kier molecular flexibility index (Phi) is 9.57. The molecule has 0 aliphatic carbocycles. The summed E-state index contributed by atoms with van der Waals surface area (Å²) in [6.45, 7) is 4.98. The van der Waals surface area contributed by atoms with Crippen molar-refractivity contribution in [1.29, 1.82) is 0 Å². The van der Waals surface area contributed by atoms with Gasteiger partial charge in [0.15, 0.2) is 0 Å². The second kappa shape index (κ2) is 12.1. The first kappa shape index (κ1) is 23.6. The number of carbonyl (C=O) groups is 3. The molecule has 0 saturated heterocycles. The Bertz CT molecular complexity index is 736. The van der Waals surface area contributed by atoms with Gasteiger partial charge in [-0.2, -0.15) is 0 Å². The predicted molar refractivity (Wildman–Crippen MR) is 115 cm³/mol. The van der Waals surface area contributed by atoms with Crippen molar-refractivity contribution in [2.24, 2.45) is 5.92 Å². The molecule has 0 spiro atoms. The first-order chi connectivity index (χ1) is 14.3. The minimum absolute atomic E-state index is 0.104. The molecule has 0 saturated carbocycles. The van der Waals surface area contributed by atoms with Gasteiger partial charge < -0.3 is 21.1 Å². The molecule has 1 aliphatic heterocycles. The fourth-order valence-electron chi connectivity index (χ4n) is 3.43. The highest BCUT2D eigenvalue weighted by Crippen LogP contribution is 2.20. The van der Waals surface area contributed by atoms with E-state index in [1.54, 1.807) is 0 Å². The van der Waals surface area contributed by atoms with Gasteiger partial charge in [-0.15, -0.1) is 0 Å². The van der Waals surface area contributed by atoms with Gasteiger partial charge in [0.05, 0.1) is 0 Å². The number of nitrogens with one attached hydrogen (secondary N) is 3. The second-order valence-corrected chi connectivity index (χ2v) is 8.24. The summed E-state index contributed by atoms with van der Waals surface area (Å²) in [4.78, 5) is 39.7. The number of carboxylic acid groups (broad SMARTS) is 1. The molecule has 1 aliphatic rings. The number of aromatic nitrogens is 1. The lowest BCUT2D eigenvalue weighted by Crippen LogP contribution is -2.43. The van der Waals surface area contributed by atoms with Gasteiger partial charge in [-0.05, 0) is 56.1 Å². The number of nitrogens with zero attached hydrogens (tertiary/aromatic N) is 1. The van der Waals surface area contributed by atoms with Gasteiger partial charge in [0, 0.05) is 31.6 Å². The molecule has 0 bridgehead atoms. The Morgan fingerprint density at radius 3 is 2.73 bits per heavy atom. The van der Waals surface area contributed by atoms with Crippen LogP contribution in [-0.4, -0.2) is 47.0 Å². The molecule has 1 atom stereocenters. The van der Waals surface area contributed by atoms with E-state index in [1.807, 2.05) is 13.8 Å². The van der Waals surface area contributed by atoms with Gasteiger partial charge in [0.25, 0.3) is 0 Å². The largest absolute Gasteiger partial charge is 0.480 e. The van der Waals surface area contributed by atoms with E-state index in [9.17, 15) is 19.5 Å². The molecule has 1 unspecified atom stereocenters. The zero-order valence-electron chi connectivity index (χ0n) is 18.0. The number of hydrogen-bond donors (Lipinski definition) is 4. The number of unbranched alkanes of at least 4 members (excludes halogenated alkanes) is 1. The van der Waals surface area contributed by atoms with Crippen LogP contribution in [0, 0.1) is 5.92 Å². The van der Waals surface area contributed by atoms with E-state index in [2.05, 4.69) is 33.1 Å². The minimum atomic E-state index is -1.09. The lowest BCUT2D eigenvalue weighted by Gasteiger charge is -2.17. The van der Waals surface area contributed by atoms with Crippen molar-refractivity contribution in [3.8, 4) is 0 Å². The number of aliphatic carboxylic acids is 1. The van der Waals surface area contributed by atoms with Gasteiger partial charge >= 0.3 is 5.97 Å². The minimum Gasteiger partial charge on any atom is -0.480 e. The molecule has 0 aromatic carbocycles. The third-order valence-electron chi connectivity index (χ3n) is 5.02. The van der Waals surface area contributed by atoms with Crippen LogP contribution in [0.4, 0.5) is 5.82 Å². The molecule has 0 radical (unpaired) electrons. The summed E-state index contributed by atoms with van der Waals surface area (Å²) in [6, 6.07) is 3.21. The van der Waals surface area contributed by atoms with E-state index in [4.69, 9.17) is 0 Å². The van der Waals surface area contributed by atoms with Crippen LogP contribution >= 0.6 is 0 Å². The summed E-state index contributed by atoms with van der Waals surface area (Å²) >= 11 is 0. The number of aryl methyl sites for hydroxylation is 2. The molecule has 1 aromatic rings. The Hall–Kier alpha value is -2.64. The molecule has 2 amide bonds. The molecular weight excluding hydrogens is 384 g/mol. The maximum atomic E-state index is 12.0. The number of amides is 2. The van der Waals surface area contributed by atoms with E-state index < -0.39 is 12.0 Å². The summed E-state index contributed by atoms with van der Waals surface area (Å²) in [5.74, 6) is -0.326. The molecule has 166 valence electrons. The monoisotopic (exact) mass is 418 g/mol. The molecule has 8 heteroatoms. The van der Waals surface area contributed by atoms with Crippen LogP contribution in [0.5, 0.6) is 0 Å². The second-order valence-electron chi connectivity index (χ2n) is 8.24. The zero-order valence-corrected chi connectivity index (χ0v) is 18.0. The highest BCUT2D eigenvalue weighted by Gasteiger charge is 2.20. The van der Waals surface area contributed by atoms with Crippen LogP contribution in [0.1, 0.15) is 63.6 Å². The fraction of sp³-hybridized carbons (Fsp3) is 0.636. The molecule has 8 nitrogen and oxygen atoms in total. The van der Waals surface area contributed by atoms with Crippen LogP contribution in [0.25, 0.3) is 0 Å². The standard InChI is InChI=1S/C22H34N4O4/c1-15(2)14-20(28)26-18(22(29)30)11-13-23-19(27)8-4-3-7-17-10-9-16-6-5-12-24-21(16)25-17/h9-10,15,18H,3-8,11-14H2,1-2H3,(H,23,27)(H,24,25)(H,26,28)(H,29,30). The molecule has 2 rings (SSSR count). The van der Waals surface area contributed by atoms with Gasteiger partial charge in [-0.25, -0.2) is 9.78 Å². The predicted octanol–water partition coefficient (Wildman–Crippen LogP) is 2.27. The first-order valence-corrected chi connectivity index (χ1v) is 10.9. The summed E-state index contributed by atoms with van der Waals surface area (Å²) < 4.78 is 0. The van der Waals surface area contributed by atoms with E-state index in [0.717, 1.165) is 50.2 Å². The van der Waals surface area contributed by atoms with Crippen LogP contribution in [0.3, 0.4) is 0 Å². The Morgan fingerprint density at radius 2 is 2.00 bits per heavy atom. The smallest absolute Gasteiger partial charge is 0.326 e. The number of fused-ring (bicyclic) bond motifs is 1. The maximum absolute atomic E-state index is 12.0. The molecule has 30 heavy (non-hydrogen) atoms. The maximum Gasteiger partial charge on any atom is 0.326 e. The molecule has 0 fully saturated rings. The van der Waals surface area contributed by atoms with E-state index >= 15 is 0 Å². The summed E-state index contributed by atoms with van der Waals surface area (Å²) in [6.07, 6.45) is 5.47. The van der Waals surface area contributed by atoms with E-state index in [-0.39, 0.29) is 37.1 Å². The van der Waals surface area contributed by atoms with Crippen LogP contribution in [-0.2, 0) is 27.2 Å². The van der Waals surface area contributed by atoms with Crippen molar-refractivity contribution in [2.45, 2.75) is 71.3 Å². The van der Waals surface area contributed by atoms with Crippen molar-refractivity contribution < 1.29 is 19.5 Å². The summed E-state index contributed by atoms with van der Waals surface area (Å²) in [5.41, 5.74) is 2.30. The highest BCUT2D eigenvalue weighted by molar-refractivity contribution is 5.83. The lowest BCUT2D eigenvalue weighted by atomic mass is 10.1. The van der Waals surface area contributed by atoms with Crippen LogP contribution in [0.2, 0.25) is 0 Å². The molecule has 4 N–H and O–H groups in total. The third kappa shape index (κ3) is 8.39. The highest BCUT2D eigenvalue weighted by atomic mass is 16.4. The number of carbonyl (C=O) groups excluding carboxylic acids is 2. The number of hydrogen-bond acceptors (Lipinski definition) is 5. The van der Waals surface area contributed by atoms with Crippen molar-refractivity contribution in [3.63, 3.8) is 0 Å². The van der Waals surface area contributed by atoms with Gasteiger partial charge in [-0.3, -0.25) is 9.59 Å². The Labute approximate surface area is 178 Å². The summed E-state index contributed by atoms with van der Waals surface area (Å²) in [7, 11) is 0. The van der Waals surface area contributed by atoms with Gasteiger partial charge in [-0.1, -0.05) is 19.9 Å². The van der Waals surface area contributed by atoms with Crippen molar-refractivity contribution in [1.82, 2.24) is 15.6 Å². The average molecular weight is 419 g/mol. The fourth-order valence-corrected chi connectivity index (χ4v) is 3.43. The third-order valence-corrected chi connectivity index (χ3v) is 5.02. The number of pyridine rings is 1. The average Bonchev–Trinajstić information content (AvgIpc) is 2.69. The van der Waals surface area contributed by atoms with Crippen molar-refractivity contribution in [2.75, 3.05) is 18.4 Å². The lowest BCUT2D eigenvalue weighted by molar-refractivity contribution is -0.142. The number of carboxylic acids is 1. The molecule has 1 aromatic heterocycles. The summed E-state index contributed by atoms with van der Waals surface area (Å²) in [5, 5.41) is 17.8. The first-order valence-electron chi connectivity index (χ1n) is 10.9. The van der Waals surface area contributed by atoms with E-state index in [1.165, 1.54) is 5.56 Å². The topological polar surface area (TPSA) is 120 Å². The molecule has 2 heterocycles. The van der Waals surface area contributed by atoms with Crippen LogP contribution in [0.15, 0.2) is 12.1 Å². The Morgan fingerprint density at radius 1 is 1.20 bits per heavy atom. The zero-order chi connectivity index (χ0) is 21.9. The number of anilines is 1. The van der Waals surface area contributed by atoms with Crippen molar-refractivity contribution in [3.05, 3.63) is 23.4 Å². The Balaban J connectivity index is 1.62. The normalized spacial score (nSPS) is 13.8. The van der Waals surface area contributed by atoms with Gasteiger partial charge in [0.1, 0.15) is 11.9 Å². The van der Waals surface area contributed by atoms with Gasteiger partial charge in [0.2, 0.25) is 11.8 Å². The van der Waals surface area contributed by atoms with Crippen LogP contribution < -0.4 is 16.0 Å². The van der Waals surface area contributed by atoms with E-state index in [0.29, 0.717) is 6.42 Å². The van der Waals surface area contributed by atoms with Crippen molar-refractivity contribution >= 4 is 23.6 Å². The number of rotatable bonds is 12. The molecular formula is C22H34N4O4. The SMILES string of the molecule is CC(C)CC(=O)NC(CCNC(=O)CCCCc1ccc2c(n1)NCCC2)C(=O)O.